The Hall–Kier alpha value is -3.04. The molecular weight excluding hydrogens is 419 g/mol. The van der Waals surface area contributed by atoms with E-state index in [-0.39, 0.29) is 23.4 Å². The average Bonchev–Trinajstić information content (AvgIpc) is 3.52. The third-order valence-electron chi connectivity index (χ3n) is 5.66. The van der Waals surface area contributed by atoms with Gasteiger partial charge in [-0.05, 0) is 20.3 Å². The quantitative estimate of drug-likeness (QED) is 0.539. The molecule has 0 unspecified atom stereocenters. The van der Waals surface area contributed by atoms with Gasteiger partial charge in [-0.25, -0.2) is 31.9 Å². The number of halogens is 5. The summed E-state index contributed by atoms with van der Waals surface area (Å²) in [6.07, 6.45) is -2.63. The standard InChI is InChI=1S/C21H19F5N4O/c1-9-17-14(7-30(21(9)31)15-6-13(15)19(25)26)20(28-8-27-17)29-10(2)11-4-3-5-12(16(11)22)18(23)24/h3-5,7-8,10,13,15,18-19H,6H2,1-2H3,(H,27,28,29)/t10-,13-,15-/m1/s1. The van der Waals surface area contributed by atoms with Crippen molar-refractivity contribution in [3.63, 3.8) is 0 Å². The highest BCUT2D eigenvalue weighted by Gasteiger charge is 2.46. The Morgan fingerprint density at radius 1 is 1.16 bits per heavy atom. The lowest BCUT2D eigenvalue weighted by Gasteiger charge is -2.19. The van der Waals surface area contributed by atoms with E-state index in [1.807, 2.05) is 0 Å². The summed E-state index contributed by atoms with van der Waals surface area (Å²) < 4.78 is 67.9. The van der Waals surface area contributed by atoms with Crippen LogP contribution in [0.4, 0.5) is 27.8 Å². The molecule has 0 radical (unpaired) electrons. The van der Waals surface area contributed by atoms with Crippen molar-refractivity contribution in [2.24, 2.45) is 5.92 Å². The lowest BCUT2D eigenvalue weighted by atomic mass is 10.0. The number of nitrogens with one attached hydrogen (secondary N) is 1. The molecule has 0 aliphatic heterocycles. The highest BCUT2D eigenvalue weighted by molar-refractivity contribution is 5.90. The van der Waals surface area contributed by atoms with E-state index in [0.29, 0.717) is 10.9 Å². The minimum atomic E-state index is -2.95. The maximum Gasteiger partial charge on any atom is 0.266 e. The Morgan fingerprint density at radius 3 is 2.52 bits per heavy atom. The molecule has 2 heterocycles. The van der Waals surface area contributed by atoms with E-state index in [1.165, 1.54) is 29.2 Å². The van der Waals surface area contributed by atoms with Gasteiger partial charge in [0.25, 0.3) is 12.0 Å². The Kier molecular flexibility index (Phi) is 5.40. The number of fused-ring (bicyclic) bond motifs is 1. The molecule has 164 valence electrons. The molecule has 5 nitrogen and oxygen atoms in total. The molecule has 3 atom stereocenters. The maximum atomic E-state index is 14.5. The zero-order valence-corrected chi connectivity index (χ0v) is 16.6. The van der Waals surface area contributed by atoms with Crippen molar-refractivity contribution in [2.75, 3.05) is 5.32 Å². The highest BCUT2D eigenvalue weighted by atomic mass is 19.3. The van der Waals surface area contributed by atoms with Gasteiger partial charge in [-0.15, -0.1) is 0 Å². The summed E-state index contributed by atoms with van der Waals surface area (Å²) in [4.78, 5) is 20.9. The third-order valence-corrected chi connectivity index (χ3v) is 5.66. The van der Waals surface area contributed by atoms with E-state index < -0.39 is 47.8 Å². The second-order valence-electron chi connectivity index (χ2n) is 7.67. The van der Waals surface area contributed by atoms with Gasteiger partial charge in [-0.2, -0.15) is 0 Å². The molecule has 10 heteroatoms. The lowest BCUT2D eigenvalue weighted by molar-refractivity contribution is 0.116. The van der Waals surface area contributed by atoms with Gasteiger partial charge in [0.1, 0.15) is 18.0 Å². The largest absolute Gasteiger partial charge is 0.363 e. The van der Waals surface area contributed by atoms with Gasteiger partial charge in [-0.1, -0.05) is 18.2 Å². The summed E-state index contributed by atoms with van der Waals surface area (Å²) >= 11 is 0. The maximum absolute atomic E-state index is 14.5. The monoisotopic (exact) mass is 438 g/mol. The van der Waals surface area contributed by atoms with Gasteiger partial charge in [0.15, 0.2) is 0 Å². The highest BCUT2D eigenvalue weighted by Crippen LogP contribution is 2.47. The summed E-state index contributed by atoms with van der Waals surface area (Å²) in [7, 11) is 0. The van der Waals surface area contributed by atoms with Crippen molar-refractivity contribution >= 4 is 16.7 Å². The summed E-state index contributed by atoms with van der Waals surface area (Å²) in [6.45, 7) is 3.13. The van der Waals surface area contributed by atoms with Crippen molar-refractivity contribution in [1.82, 2.24) is 14.5 Å². The van der Waals surface area contributed by atoms with Crippen LogP contribution < -0.4 is 10.9 Å². The summed E-state index contributed by atoms with van der Waals surface area (Å²) in [5.74, 6) is -1.66. The molecule has 1 N–H and O–H groups in total. The van der Waals surface area contributed by atoms with Crippen molar-refractivity contribution in [2.45, 2.75) is 45.2 Å². The van der Waals surface area contributed by atoms with Gasteiger partial charge in [-0.3, -0.25) is 4.79 Å². The number of benzene rings is 1. The van der Waals surface area contributed by atoms with Crippen LogP contribution in [0.3, 0.4) is 0 Å². The van der Waals surface area contributed by atoms with Gasteiger partial charge in [0.05, 0.1) is 22.5 Å². The third kappa shape index (κ3) is 3.75. The number of hydrogen-bond acceptors (Lipinski definition) is 4. The molecule has 0 spiro atoms. The van der Waals surface area contributed by atoms with Gasteiger partial charge >= 0.3 is 0 Å². The molecule has 1 aliphatic carbocycles. The fourth-order valence-electron chi connectivity index (χ4n) is 3.82. The van der Waals surface area contributed by atoms with E-state index in [1.54, 1.807) is 13.8 Å². The molecule has 1 aromatic carbocycles. The number of anilines is 1. The topological polar surface area (TPSA) is 59.8 Å². The number of aryl methyl sites for hydroxylation is 1. The van der Waals surface area contributed by atoms with Crippen molar-refractivity contribution in [1.29, 1.82) is 0 Å². The van der Waals surface area contributed by atoms with Crippen LogP contribution in [0.25, 0.3) is 10.9 Å². The minimum Gasteiger partial charge on any atom is -0.363 e. The minimum absolute atomic E-state index is 0.0227. The summed E-state index contributed by atoms with van der Waals surface area (Å²) in [5, 5.41) is 3.38. The number of rotatable bonds is 6. The molecule has 3 aromatic rings. The Labute approximate surface area is 173 Å². The second kappa shape index (κ2) is 7.90. The molecule has 1 saturated carbocycles. The van der Waals surface area contributed by atoms with E-state index >= 15 is 0 Å². The van der Waals surface area contributed by atoms with Gasteiger partial charge in [0.2, 0.25) is 6.43 Å². The van der Waals surface area contributed by atoms with E-state index in [2.05, 4.69) is 15.3 Å². The van der Waals surface area contributed by atoms with Crippen molar-refractivity contribution < 1.29 is 22.0 Å². The molecule has 2 aromatic heterocycles. The molecular formula is C21H19F5N4O. The van der Waals surface area contributed by atoms with Crippen LogP contribution in [0.5, 0.6) is 0 Å². The van der Waals surface area contributed by atoms with E-state index in [9.17, 15) is 26.7 Å². The molecule has 0 bridgehead atoms. The number of alkyl halides is 4. The van der Waals surface area contributed by atoms with Gasteiger partial charge < -0.3 is 9.88 Å². The molecule has 0 amide bonds. The molecule has 4 rings (SSSR count). The first-order valence-electron chi connectivity index (χ1n) is 9.68. The molecule has 1 fully saturated rings. The van der Waals surface area contributed by atoms with E-state index in [0.717, 1.165) is 6.07 Å². The number of aromatic nitrogens is 3. The smallest absolute Gasteiger partial charge is 0.266 e. The van der Waals surface area contributed by atoms with Crippen LogP contribution >= 0.6 is 0 Å². The molecule has 0 saturated heterocycles. The summed E-state index contributed by atoms with van der Waals surface area (Å²) in [5.41, 5.74) is -0.470. The molecule has 1 aliphatic rings. The van der Waals surface area contributed by atoms with E-state index in [4.69, 9.17) is 0 Å². The normalized spacial score (nSPS) is 19.3. The SMILES string of the molecule is Cc1c(=O)n([C@@H]2C[C@H]2C(F)F)cc2c(N[C@H](C)c3cccc(C(F)F)c3F)ncnc12. The average molecular weight is 438 g/mol. The second-order valence-corrected chi connectivity index (χ2v) is 7.67. The Balaban J connectivity index is 1.74. The number of hydrogen-bond donors (Lipinski definition) is 1. The Morgan fingerprint density at radius 2 is 1.87 bits per heavy atom. The number of nitrogens with zero attached hydrogens (tertiary/aromatic N) is 3. The first-order valence-corrected chi connectivity index (χ1v) is 9.68. The van der Waals surface area contributed by atoms with Crippen LogP contribution in [-0.2, 0) is 0 Å². The van der Waals surface area contributed by atoms with Crippen LogP contribution in [-0.4, -0.2) is 21.0 Å². The molecule has 31 heavy (non-hydrogen) atoms. The number of pyridine rings is 1. The van der Waals surface area contributed by atoms with Crippen LogP contribution in [0.1, 0.15) is 48.5 Å². The zero-order chi connectivity index (χ0) is 22.4. The van der Waals surface area contributed by atoms with Crippen LogP contribution in [0.2, 0.25) is 0 Å². The van der Waals surface area contributed by atoms with Crippen molar-refractivity contribution in [3.8, 4) is 0 Å². The van der Waals surface area contributed by atoms with Crippen molar-refractivity contribution in [3.05, 3.63) is 63.6 Å². The first-order chi connectivity index (χ1) is 14.7. The van der Waals surface area contributed by atoms with Crippen LogP contribution in [0.15, 0.2) is 35.5 Å². The predicted octanol–water partition coefficient (Wildman–Crippen LogP) is 5.18. The lowest BCUT2D eigenvalue weighted by Crippen LogP contribution is -2.23. The first kappa shape index (κ1) is 21.2. The summed E-state index contributed by atoms with van der Waals surface area (Å²) in [6, 6.07) is 2.40. The van der Waals surface area contributed by atoms with Gasteiger partial charge in [0, 0.05) is 29.3 Å². The zero-order valence-electron chi connectivity index (χ0n) is 16.6. The Bertz CT molecular complexity index is 1200. The van der Waals surface area contributed by atoms with Crippen LogP contribution in [0, 0.1) is 18.7 Å². The fourth-order valence-corrected chi connectivity index (χ4v) is 3.82. The fraction of sp³-hybridized carbons (Fsp3) is 0.381. The predicted molar refractivity (Wildman–Crippen MR) is 105 cm³/mol.